The second-order valence-corrected chi connectivity index (χ2v) is 5.52. The zero-order valence-corrected chi connectivity index (χ0v) is 12.0. The molecule has 0 aliphatic heterocycles. The molecule has 0 aliphatic rings. The van der Waals surface area contributed by atoms with E-state index in [0.29, 0.717) is 0 Å². The summed E-state index contributed by atoms with van der Waals surface area (Å²) in [4.78, 5) is 0. The molecule has 102 valence electrons. The summed E-state index contributed by atoms with van der Waals surface area (Å²) < 4.78 is 0. The van der Waals surface area contributed by atoms with Gasteiger partial charge in [0.05, 0.1) is 0 Å². The van der Waals surface area contributed by atoms with Crippen molar-refractivity contribution in [3.05, 3.63) is 54.1 Å². The molecule has 0 bridgehead atoms. The Labute approximate surface area is 120 Å². The fourth-order valence-electron chi connectivity index (χ4n) is 2.87. The van der Waals surface area contributed by atoms with Crippen LogP contribution in [0.25, 0.3) is 21.5 Å². The molecule has 0 saturated heterocycles. The molecular weight excluding hydrogens is 242 g/mol. The number of aryl methyl sites for hydroxylation is 1. The van der Waals surface area contributed by atoms with Crippen LogP contribution in [0.2, 0.25) is 0 Å². The molecule has 3 rings (SSSR count). The van der Waals surface area contributed by atoms with Gasteiger partial charge in [-0.25, -0.2) is 0 Å². The fraction of sp³-hybridized carbons (Fsp3) is 0.263. The number of hydrogen-bond acceptors (Lipinski definition) is 1. The van der Waals surface area contributed by atoms with Gasteiger partial charge in [-0.05, 0) is 46.7 Å². The average molecular weight is 263 g/mol. The summed E-state index contributed by atoms with van der Waals surface area (Å²) in [7, 11) is 0. The molecule has 0 spiro atoms. The van der Waals surface area contributed by atoms with Crippen LogP contribution in [0.4, 0.5) is 5.69 Å². The van der Waals surface area contributed by atoms with Crippen molar-refractivity contribution >= 4 is 27.2 Å². The molecule has 0 saturated carbocycles. The van der Waals surface area contributed by atoms with Crippen LogP contribution in [0.3, 0.4) is 0 Å². The van der Waals surface area contributed by atoms with Crippen molar-refractivity contribution in [1.82, 2.24) is 0 Å². The van der Waals surface area contributed by atoms with Crippen molar-refractivity contribution in [2.45, 2.75) is 32.6 Å². The number of anilines is 1. The first-order valence-electron chi connectivity index (χ1n) is 7.49. The largest absolute Gasteiger partial charge is 0.398 e. The van der Waals surface area contributed by atoms with Gasteiger partial charge in [0.1, 0.15) is 0 Å². The van der Waals surface area contributed by atoms with Crippen LogP contribution < -0.4 is 5.73 Å². The van der Waals surface area contributed by atoms with E-state index in [-0.39, 0.29) is 0 Å². The lowest BCUT2D eigenvalue weighted by molar-refractivity contribution is 0.718. The van der Waals surface area contributed by atoms with Gasteiger partial charge in [-0.15, -0.1) is 0 Å². The van der Waals surface area contributed by atoms with E-state index in [1.807, 2.05) is 0 Å². The maximum Gasteiger partial charge on any atom is 0.0426 e. The Kier molecular flexibility index (Phi) is 3.60. The van der Waals surface area contributed by atoms with Crippen LogP contribution in [-0.2, 0) is 6.42 Å². The zero-order chi connectivity index (χ0) is 13.9. The molecule has 0 atom stereocenters. The molecular formula is C19H21N. The minimum Gasteiger partial charge on any atom is -0.398 e. The van der Waals surface area contributed by atoms with E-state index in [4.69, 9.17) is 5.73 Å². The fourth-order valence-corrected chi connectivity index (χ4v) is 2.87. The number of nitrogens with two attached hydrogens (primary N) is 1. The second kappa shape index (κ2) is 5.54. The molecule has 0 amide bonds. The van der Waals surface area contributed by atoms with Crippen molar-refractivity contribution < 1.29 is 0 Å². The molecule has 1 heteroatoms. The van der Waals surface area contributed by atoms with Gasteiger partial charge in [0.2, 0.25) is 0 Å². The lowest BCUT2D eigenvalue weighted by Gasteiger charge is -2.10. The molecule has 0 aromatic heterocycles. The monoisotopic (exact) mass is 263 g/mol. The summed E-state index contributed by atoms with van der Waals surface area (Å²) in [5.41, 5.74) is 8.65. The Morgan fingerprint density at radius 1 is 0.850 bits per heavy atom. The minimum atomic E-state index is 0.962. The molecule has 20 heavy (non-hydrogen) atoms. The van der Waals surface area contributed by atoms with E-state index < -0.39 is 0 Å². The molecule has 0 unspecified atom stereocenters. The van der Waals surface area contributed by atoms with Gasteiger partial charge in [0, 0.05) is 11.1 Å². The average Bonchev–Trinajstić information content (AvgIpc) is 2.48. The maximum absolute atomic E-state index is 6.39. The van der Waals surface area contributed by atoms with Gasteiger partial charge in [-0.2, -0.15) is 0 Å². The molecule has 2 N–H and O–H groups in total. The van der Waals surface area contributed by atoms with E-state index in [9.17, 15) is 0 Å². The Morgan fingerprint density at radius 3 is 2.35 bits per heavy atom. The number of rotatable bonds is 4. The highest BCUT2D eigenvalue weighted by Gasteiger charge is 2.05. The molecule has 0 heterocycles. The van der Waals surface area contributed by atoms with Crippen molar-refractivity contribution in [1.29, 1.82) is 0 Å². The third-order valence-corrected chi connectivity index (χ3v) is 4.07. The van der Waals surface area contributed by atoms with E-state index in [1.54, 1.807) is 0 Å². The standard InChI is InChI=1S/C19H21N/c1-2-3-4-7-14-10-11-17-12-15-8-5-6-9-16(15)13-18(17)19(14)20/h5-6,8-13H,2-4,7,20H2,1H3. The minimum absolute atomic E-state index is 0.962. The highest BCUT2D eigenvalue weighted by atomic mass is 14.6. The van der Waals surface area contributed by atoms with E-state index in [2.05, 4.69) is 55.5 Å². The predicted octanol–water partition coefficient (Wildman–Crippen LogP) is 5.31. The van der Waals surface area contributed by atoms with Crippen LogP contribution in [0.5, 0.6) is 0 Å². The Balaban J connectivity index is 2.08. The van der Waals surface area contributed by atoms with Crippen molar-refractivity contribution in [2.24, 2.45) is 0 Å². The van der Waals surface area contributed by atoms with Crippen LogP contribution in [0.1, 0.15) is 31.7 Å². The maximum atomic E-state index is 6.39. The van der Waals surface area contributed by atoms with Gasteiger partial charge >= 0.3 is 0 Å². The number of unbranched alkanes of at least 4 members (excludes halogenated alkanes) is 2. The SMILES string of the molecule is CCCCCc1ccc2cc3ccccc3cc2c1N. The van der Waals surface area contributed by atoms with Gasteiger partial charge < -0.3 is 5.73 Å². The van der Waals surface area contributed by atoms with E-state index in [0.717, 1.165) is 12.1 Å². The molecule has 0 aliphatic carbocycles. The summed E-state index contributed by atoms with van der Waals surface area (Å²) in [6.45, 7) is 2.23. The van der Waals surface area contributed by atoms with Gasteiger partial charge in [0.15, 0.2) is 0 Å². The van der Waals surface area contributed by atoms with Gasteiger partial charge in [-0.1, -0.05) is 56.2 Å². The Hall–Kier alpha value is -2.02. The predicted molar refractivity (Wildman–Crippen MR) is 89.1 cm³/mol. The van der Waals surface area contributed by atoms with Crippen LogP contribution in [0, 0.1) is 0 Å². The van der Waals surface area contributed by atoms with E-state index >= 15 is 0 Å². The summed E-state index contributed by atoms with van der Waals surface area (Å²) in [5.74, 6) is 0. The van der Waals surface area contributed by atoms with Crippen molar-refractivity contribution in [2.75, 3.05) is 5.73 Å². The number of fused-ring (bicyclic) bond motifs is 2. The van der Waals surface area contributed by atoms with Crippen LogP contribution in [-0.4, -0.2) is 0 Å². The Morgan fingerprint density at radius 2 is 1.60 bits per heavy atom. The van der Waals surface area contributed by atoms with Crippen molar-refractivity contribution in [3.8, 4) is 0 Å². The zero-order valence-electron chi connectivity index (χ0n) is 12.0. The molecule has 1 nitrogen and oxygen atoms in total. The van der Waals surface area contributed by atoms with Crippen molar-refractivity contribution in [3.63, 3.8) is 0 Å². The van der Waals surface area contributed by atoms with Gasteiger partial charge in [0.25, 0.3) is 0 Å². The summed E-state index contributed by atoms with van der Waals surface area (Å²) >= 11 is 0. The lowest BCUT2D eigenvalue weighted by Crippen LogP contribution is -1.96. The van der Waals surface area contributed by atoms with Crippen LogP contribution in [0.15, 0.2) is 48.5 Å². The first-order chi connectivity index (χ1) is 9.79. The number of nitrogen functional groups attached to an aromatic ring is 1. The summed E-state index contributed by atoms with van der Waals surface area (Å²) in [5, 5.41) is 4.97. The summed E-state index contributed by atoms with van der Waals surface area (Å²) in [6, 6.07) is 17.3. The highest BCUT2D eigenvalue weighted by Crippen LogP contribution is 2.30. The third kappa shape index (κ3) is 2.36. The smallest absolute Gasteiger partial charge is 0.0426 e. The van der Waals surface area contributed by atoms with Gasteiger partial charge in [-0.3, -0.25) is 0 Å². The third-order valence-electron chi connectivity index (χ3n) is 4.07. The second-order valence-electron chi connectivity index (χ2n) is 5.52. The molecule has 0 fully saturated rings. The number of benzene rings is 3. The molecule has 3 aromatic rings. The Bertz CT molecular complexity index is 743. The van der Waals surface area contributed by atoms with E-state index in [1.165, 1.54) is 46.4 Å². The van der Waals surface area contributed by atoms with Crippen LogP contribution >= 0.6 is 0 Å². The first kappa shape index (κ1) is 13.0. The lowest BCUT2D eigenvalue weighted by atomic mass is 9.97. The molecule has 3 aromatic carbocycles. The normalized spacial score (nSPS) is 11.2. The number of hydrogen-bond donors (Lipinski definition) is 1. The molecule has 0 radical (unpaired) electrons. The topological polar surface area (TPSA) is 26.0 Å². The highest BCUT2D eigenvalue weighted by molar-refractivity contribution is 6.03. The summed E-state index contributed by atoms with van der Waals surface area (Å²) in [6.07, 6.45) is 4.83. The quantitative estimate of drug-likeness (QED) is 0.385. The first-order valence-corrected chi connectivity index (χ1v) is 7.49.